The maximum atomic E-state index is 5.40. The number of hydrogen-bond acceptors (Lipinski definition) is 5. The summed E-state index contributed by atoms with van der Waals surface area (Å²) in [5, 5.41) is 10.3. The van der Waals surface area contributed by atoms with Crippen molar-refractivity contribution in [2.45, 2.75) is 0 Å². The highest BCUT2D eigenvalue weighted by Crippen LogP contribution is 2.23. The Kier molecular flexibility index (Phi) is 4.12. The zero-order valence-electron chi connectivity index (χ0n) is 13.3. The van der Waals surface area contributed by atoms with Gasteiger partial charge in [-0.05, 0) is 42.5 Å². The van der Waals surface area contributed by atoms with E-state index in [1.165, 1.54) is 5.69 Å². The fraction of sp³-hybridized carbons (Fsp3) is 0.222. The molecule has 6 heteroatoms. The van der Waals surface area contributed by atoms with Crippen LogP contribution < -0.4 is 10.2 Å². The second kappa shape index (κ2) is 6.72. The van der Waals surface area contributed by atoms with E-state index in [-0.39, 0.29) is 0 Å². The molecule has 3 heterocycles. The molecule has 0 aliphatic carbocycles. The summed E-state index contributed by atoms with van der Waals surface area (Å²) in [4.78, 5) is 6.72. The lowest BCUT2D eigenvalue weighted by atomic mass is 10.2. The van der Waals surface area contributed by atoms with E-state index in [1.807, 2.05) is 18.2 Å². The Morgan fingerprint density at radius 1 is 1.00 bits per heavy atom. The Hall–Kier alpha value is -2.86. The molecule has 122 valence electrons. The Morgan fingerprint density at radius 3 is 2.58 bits per heavy atom. The topological polar surface area (TPSA) is 66.1 Å². The Labute approximate surface area is 140 Å². The van der Waals surface area contributed by atoms with Crippen molar-refractivity contribution in [1.82, 2.24) is 15.2 Å². The summed E-state index contributed by atoms with van der Waals surface area (Å²) in [6, 6.07) is 14.3. The van der Waals surface area contributed by atoms with Gasteiger partial charge in [0.15, 0.2) is 0 Å². The van der Waals surface area contributed by atoms with Crippen LogP contribution in [0, 0.1) is 0 Å². The highest BCUT2D eigenvalue weighted by Gasteiger charge is 2.10. The number of nitrogens with one attached hydrogen (secondary N) is 2. The van der Waals surface area contributed by atoms with Crippen LogP contribution in [0.4, 0.5) is 17.2 Å². The molecule has 0 spiro atoms. The minimum Gasteiger partial charge on any atom is -0.378 e. The van der Waals surface area contributed by atoms with Gasteiger partial charge in [-0.15, -0.1) is 0 Å². The van der Waals surface area contributed by atoms with E-state index in [1.54, 1.807) is 12.4 Å². The lowest BCUT2D eigenvalue weighted by molar-refractivity contribution is 0.122. The molecule has 3 aromatic rings. The number of H-pyrrole nitrogens is 1. The third-order valence-electron chi connectivity index (χ3n) is 4.09. The van der Waals surface area contributed by atoms with Crippen LogP contribution in [-0.2, 0) is 4.74 Å². The number of pyridine rings is 1. The first-order valence-electron chi connectivity index (χ1n) is 8.04. The van der Waals surface area contributed by atoms with Gasteiger partial charge in [0.05, 0.1) is 18.9 Å². The second-order valence-corrected chi connectivity index (χ2v) is 5.67. The van der Waals surface area contributed by atoms with Crippen molar-refractivity contribution in [3.8, 4) is 11.3 Å². The third kappa shape index (κ3) is 3.23. The standard InChI is InChI=1S/C18H19N5O/c1-3-16(23-9-11-24-12-10-23)4-2-15(1)21-18-13-14(5-7-19-18)17-6-8-20-22-17/h1-8,13H,9-12H2,(H,19,21)(H,20,22). The maximum Gasteiger partial charge on any atom is 0.130 e. The average molecular weight is 321 g/mol. The van der Waals surface area contributed by atoms with Crippen molar-refractivity contribution >= 4 is 17.2 Å². The van der Waals surface area contributed by atoms with Gasteiger partial charge < -0.3 is 15.0 Å². The fourth-order valence-corrected chi connectivity index (χ4v) is 2.81. The molecule has 2 N–H and O–H groups in total. The molecule has 0 bridgehead atoms. The summed E-state index contributed by atoms with van der Waals surface area (Å²) < 4.78 is 5.40. The van der Waals surface area contributed by atoms with Gasteiger partial charge in [-0.1, -0.05) is 0 Å². The molecule has 1 aromatic carbocycles. The largest absolute Gasteiger partial charge is 0.378 e. The number of anilines is 3. The first-order chi connectivity index (χ1) is 11.9. The van der Waals surface area contributed by atoms with Crippen molar-refractivity contribution in [3.05, 3.63) is 54.9 Å². The monoisotopic (exact) mass is 321 g/mol. The maximum absolute atomic E-state index is 5.40. The summed E-state index contributed by atoms with van der Waals surface area (Å²) in [6.07, 6.45) is 3.54. The van der Waals surface area contributed by atoms with E-state index in [0.29, 0.717) is 0 Å². The molecule has 0 saturated carbocycles. The number of nitrogens with zero attached hydrogens (tertiary/aromatic N) is 3. The minimum atomic E-state index is 0.796. The van der Waals surface area contributed by atoms with Gasteiger partial charge in [0.2, 0.25) is 0 Å². The molecule has 0 unspecified atom stereocenters. The lowest BCUT2D eigenvalue weighted by Gasteiger charge is -2.28. The molecule has 0 amide bonds. The van der Waals surface area contributed by atoms with Gasteiger partial charge in [0, 0.05) is 42.4 Å². The van der Waals surface area contributed by atoms with Crippen LogP contribution in [0.25, 0.3) is 11.3 Å². The molecule has 24 heavy (non-hydrogen) atoms. The molecule has 6 nitrogen and oxygen atoms in total. The highest BCUT2D eigenvalue weighted by atomic mass is 16.5. The predicted octanol–water partition coefficient (Wildman–Crippen LogP) is 3.05. The number of ether oxygens (including phenoxy) is 1. The number of benzene rings is 1. The van der Waals surface area contributed by atoms with Crippen molar-refractivity contribution in [3.63, 3.8) is 0 Å². The zero-order valence-corrected chi connectivity index (χ0v) is 13.3. The van der Waals surface area contributed by atoms with Crippen molar-refractivity contribution in [1.29, 1.82) is 0 Å². The minimum absolute atomic E-state index is 0.796. The van der Waals surface area contributed by atoms with Crippen LogP contribution in [0.15, 0.2) is 54.9 Å². The van der Waals surface area contributed by atoms with Gasteiger partial charge in [0.1, 0.15) is 5.82 Å². The Balaban J connectivity index is 1.48. The Bertz CT molecular complexity index is 779. The molecule has 2 aromatic heterocycles. The van der Waals surface area contributed by atoms with E-state index in [4.69, 9.17) is 4.74 Å². The zero-order chi connectivity index (χ0) is 16.2. The first-order valence-corrected chi connectivity index (χ1v) is 8.04. The quantitative estimate of drug-likeness (QED) is 0.773. The van der Waals surface area contributed by atoms with Crippen LogP contribution in [0.2, 0.25) is 0 Å². The predicted molar refractivity (Wildman–Crippen MR) is 94.6 cm³/mol. The summed E-state index contributed by atoms with van der Waals surface area (Å²) in [5.41, 5.74) is 4.27. The van der Waals surface area contributed by atoms with E-state index in [0.717, 1.165) is 49.1 Å². The number of aromatic nitrogens is 3. The summed E-state index contributed by atoms with van der Waals surface area (Å²) >= 11 is 0. The van der Waals surface area contributed by atoms with Crippen LogP contribution in [-0.4, -0.2) is 41.5 Å². The summed E-state index contributed by atoms with van der Waals surface area (Å²) in [7, 11) is 0. The van der Waals surface area contributed by atoms with Gasteiger partial charge >= 0.3 is 0 Å². The van der Waals surface area contributed by atoms with E-state index in [9.17, 15) is 0 Å². The molecule has 4 rings (SSSR count). The van der Waals surface area contributed by atoms with Gasteiger partial charge in [-0.3, -0.25) is 5.10 Å². The van der Waals surface area contributed by atoms with Crippen LogP contribution in [0.3, 0.4) is 0 Å². The van der Waals surface area contributed by atoms with Crippen LogP contribution in [0.1, 0.15) is 0 Å². The third-order valence-corrected chi connectivity index (χ3v) is 4.09. The smallest absolute Gasteiger partial charge is 0.130 e. The SMILES string of the molecule is c1cc(-c2ccnc(Nc3ccc(N4CCOCC4)cc3)c2)[nH]n1. The normalized spacial score (nSPS) is 14.6. The van der Waals surface area contributed by atoms with Crippen LogP contribution in [0.5, 0.6) is 0 Å². The first kappa shape index (κ1) is 14.7. The molecule has 0 atom stereocenters. The average Bonchev–Trinajstić information content (AvgIpc) is 3.18. The molecule has 1 aliphatic rings. The summed E-state index contributed by atoms with van der Waals surface area (Å²) in [5.74, 6) is 0.807. The Morgan fingerprint density at radius 2 is 1.83 bits per heavy atom. The van der Waals surface area contributed by atoms with Crippen LogP contribution >= 0.6 is 0 Å². The molecule has 1 saturated heterocycles. The molecular weight excluding hydrogens is 302 g/mol. The summed E-state index contributed by atoms with van der Waals surface area (Å²) in [6.45, 7) is 3.48. The highest BCUT2D eigenvalue weighted by molar-refractivity contribution is 5.66. The number of hydrogen-bond donors (Lipinski definition) is 2. The molecular formula is C18H19N5O. The number of aromatic amines is 1. The van der Waals surface area contributed by atoms with E-state index in [2.05, 4.69) is 49.7 Å². The second-order valence-electron chi connectivity index (χ2n) is 5.67. The number of morpholine rings is 1. The molecule has 1 fully saturated rings. The molecule has 0 radical (unpaired) electrons. The number of rotatable bonds is 4. The van der Waals surface area contributed by atoms with E-state index >= 15 is 0 Å². The van der Waals surface area contributed by atoms with Gasteiger partial charge in [-0.2, -0.15) is 5.10 Å². The molecule has 1 aliphatic heterocycles. The lowest BCUT2D eigenvalue weighted by Crippen LogP contribution is -2.36. The van der Waals surface area contributed by atoms with Gasteiger partial charge in [-0.25, -0.2) is 4.98 Å². The van der Waals surface area contributed by atoms with Crippen molar-refractivity contribution < 1.29 is 4.74 Å². The van der Waals surface area contributed by atoms with Gasteiger partial charge in [0.25, 0.3) is 0 Å². The fourth-order valence-electron chi connectivity index (χ4n) is 2.81. The van der Waals surface area contributed by atoms with Crippen molar-refractivity contribution in [2.75, 3.05) is 36.5 Å². The van der Waals surface area contributed by atoms with E-state index < -0.39 is 0 Å². The van der Waals surface area contributed by atoms with Crippen molar-refractivity contribution in [2.24, 2.45) is 0 Å².